The van der Waals surface area contributed by atoms with Gasteiger partial charge in [0, 0.05) is 19.1 Å². The smallest absolute Gasteiger partial charge is 0.214 e. The molecule has 0 aromatic heterocycles. The molecule has 2 unspecified atom stereocenters. The van der Waals surface area contributed by atoms with E-state index in [1.54, 1.807) is 4.31 Å². The summed E-state index contributed by atoms with van der Waals surface area (Å²) in [5.41, 5.74) is 0.0700. The second kappa shape index (κ2) is 6.55. The van der Waals surface area contributed by atoms with Gasteiger partial charge in [-0.05, 0) is 31.2 Å². The van der Waals surface area contributed by atoms with Gasteiger partial charge in [0.2, 0.25) is 10.0 Å². The van der Waals surface area contributed by atoms with Crippen LogP contribution >= 0.6 is 0 Å². The zero-order valence-electron chi connectivity index (χ0n) is 13.1. The molecule has 0 amide bonds. The van der Waals surface area contributed by atoms with Crippen molar-refractivity contribution >= 4 is 10.0 Å². The predicted octanol–water partition coefficient (Wildman–Crippen LogP) is 2.07. The minimum absolute atomic E-state index is 0.0700. The lowest BCUT2D eigenvalue weighted by atomic mass is 9.91. The van der Waals surface area contributed by atoms with Gasteiger partial charge in [-0.1, -0.05) is 34.1 Å². The van der Waals surface area contributed by atoms with Crippen molar-refractivity contribution < 1.29 is 8.42 Å². The summed E-state index contributed by atoms with van der Waals surface area (Å²) < 4.78 is 26.5. The van der Waals surface area contributed by atoms with Gasteiger partial charge in [0.05, 0.1) is 5.75 Å². The monoisotopic (exact) mass is 290 g/mol. The molecule has 114 valence electrons. The number of piperidine rings is 1. The Morgan fingerprint density at radius 1 is 1.32 bits per heavy atom. The van der Waals surface area contributed by atoms with E-state index < -0.39 is 10.0 Å². The minimum atomic E-state index is -3.09. The number of sulfonamides is 1. The van der Waals surface area contributed by atoms with Crippen molar-refractivity contribution in [3.05, 3.63) is 0 Å². The summed E-state index contributed by atoms with van der Waals surface area (Å²) in [5, 5.41) is 3.31. The van der Waals surface area contributed by atoms with E-state index in [2.05, 4.69) is 33.0 Å². The van der Waals surface area contributed by atoms with Gasteiger partial charge in [0.25, 0.3) is 0 Å². The molecule has 1 aliphatic heterocycles. The van der Waals surface area contributed by atoms with Crippen LogP contribution in [0.25, 0.3) is 0 Å². The van der Waals surface area contributed by atoms with E-state index >= 15 is 0 Å². The van der Waals surface area contributed by atoms with Crippen LogP contribution in [-0.4, -0.2) is 44.7 Å². The Labute approximate surface area is 119 Å². The van der Waals surface area contributed by atoms with Gasteiger partial charge in [0.1, 0.15) is 0 Å². The molecule has 19 heavy (non-hydrogen) atoms. The summed E-state index contributed by atoms with van der Waals surface area (Å²) in [6.07, 6.45) is 2.67. The molecule has 1 fully saturated rings. The normalized spacial score (nSPS) is 26.6. The maximum absolute atomic E-state index is 12.4. The molecule has 1 rings (SSSR count). The Morgan fingerprint density at radius 2 is 1.95 bits per heavy atom. The first kappa shape index (κ1) is 16.9. The van der Waals surface area contributed by atoms with E-state index in [0.29, 0.717) is 25.0 Å². The summed E-state index contributed by atoms with van der Waals surface area (Å²) in [6, 6.07) is 0.457. The summed E-state index contributed by atoms with van der Waals surface area (Å²) >= 11 is 0. The first-order valence-electron chi connectivity index (χ1n) is 7.34. The van der Waals surface area contributed by atoms with Crippen molar-refractivity contribution in [3.63, 3.8) is 0 Å². The van der Waals surface area contributed by atoms with Crippen LogP contribution in [0.3, 0.4) is 0 Å². The van der Waals surface area contributed by atoms with Crippen LogP contribution in [-0.2, 0) is 10.0 Å². The maximum atomic E-state index is 12.4. The highest BCUT2D eigenvalue weighted by Crippen LogP contribution is 2.25. The number of hydrogen-bond acceptors (Lipinski definition) is 3. The standard InChI is InChI=1S/C14H30N2O2S/c1-6-12-11-16(9-7-13(12)15-5)19(17,18)10-8-14(2,3)4/h12-13,15H,6-11H2,1-5H3. The fraction of sp³-hybridized carbons (Fsp3) is 1.00. The molecule has 0 radical (unpaired) electrons. The molecule has 0 aromatic rings. The molecular weight excluding hydrogens is 260 g/mol. The lowest BCUT2D eigenvalue weighted by Gasteiger charge is -2.37. The van der Waals surface area contributed by atoms with Crippen LogP contribution in [0.5, 0.6) is 0 Å². The second-order valence-corrected chi connectivity index (χ2v) is 8.93. The number of nitrogens with zero attached hydrogens (tertiary/aromatic N) is 1. The minimum Gasteiger partial charge on any atom is -0.317 e. The third-order valence-corrected chi connectivity index (χ3v) is 5.93. The Bertz CT molecular complexity index is 373. The molecule has 0 saturated carbocycles. The van der Waals surface area contributed by atoms with Crippen molar-refractivity contribution in [2.75, 3.05) is 25.9 Å². The SMILES string of the molecule is CCC1CN(S(=O)(=O)CCC(C)(C)C)CCC1NC. The topological polar surface area (TPSA) is 49.4 Å². The Balaban J connectivity index is 2.65. The second-order valence-electron chi connectivity index (χ2n) is 6.84. The molecule has 5 heteroatoms. The molecule has 0 bridgehead atoms. The van der Waals surface area contributed by atoms with Crippen LogP contribution in [0.4, 0.5) is 0 Å². The van der Waals surface area contributed by atoms with Gasteiger partial charge in [0.15, 0.2) is 0 Å². The predicted molar refractivity (Wildman–Crippen MR) is 80.7 cm³/mol. The molecule has 2 atom stereocenters. The highest BCUT2D eigenvalue weighted by Gasteiger charge is 2.33. The van der Waals surface area contributed by atoms with Crippen molar-refractivity contribution in [1.29, 1.82) is 0 Å². The third-order valence-electron chi connectivity index (χ3n) is 4.10. The van der Waals surface area contributed by atoms with Crippen LogP contribution < -0.4 is 5.32 Å². The quantitative estimate of drug-likeness (QED) is 0.843. The summed E-state index contributed by atoms with van der Waals surface area (Å²) in [7, 11) is -1.12. The van der Waals surface area contributed by atoms with Crippen molar-refractivity contribution in [3.8, 4) is 0 Å². The summed E-state index contributed by atoms with van der Waals surface area (Å²) in [6.45, 7) is 9.74. The summed E-state index contributed by atoms with van der Waals surface area (Å²) in [4.78, 5) is 0. The van der Waals surface area contributed by atoms with E-state index in [9.17, 15) is 8.42 Å². The molecular formula is C14H30N2O2S. The molecule has 4 nitrogen and oxygen atoms in total. The Hall–Kier alpha value is -0.130. The van der Waals surface area contributed by atoms with Gasteiger partial charge >= 0.3 is 0 Å². The first-order chi connectivity index (χ1) is 8.69. The number of hydrogen-bond donors (Lipinski definition) is 1. The van der Waals surface area contributed by atoms with Crippen LogP contribution in [0, 0.1) is 11.3 Å². The van der Waals surface area contributed by atoms with Gasteiger partial charge in [-0.2, -0.15) is 0 Å². The van der Waals surface area contributed by atoms with E-state index in [1.807, 2.05) is 7.05 Å². The Morgan fingerprint density at radius 3 is 2.42 bits per heavy atom. The average molecular weight is 290 g/mol. The summed E-state index contributed by atoms with van der Waals surface area (Å²) in [5.74, 6) is 0.708. The van der Waals surface area contributed by atoms with Crippen molar-refractivity contribution in [2.24, 2.45) is 11.3 Å². The molecule has 0 aromatic carbocycles. The highest BCUT2D eigenvalue weighted by atomic mass is 32.2. The molecule has 1 heterocycles. The van der Waals surface area contributed by atoms with Gasteiger partial charge in [-0.15, -0.1) is 0 Å². The lowest BCUT2D eigenvalue weighted by Crippen LogP contribution is -2.50. The third kappa shape index (κ3) is 5.04. The van der Waals surface area contributed by atoms with E-state index in [0.717, 1.165) is 19.3 Å². The van der Waals surface area contributed by atoms with E-state index in [4.69, 9.17) is 0 Å². The van der Waals surface area contributed by atoms with Crippen LogP contribution in [0.2, 0.25) is 0 Å². The molecule has 0 spiro atoms. The van der Waals surface area contributed by atoms with Crippen molar-refractivity contribution in [2.45, 2.75) is 53.0 Å². The maximum Gasteiger partial charge on any atom is 0.214 e. The Kier molecular flexibility index (Phi) is 5.83. The molecule has 1 aliphatic rings. The molecule has 0 aliphatic carbocycles. The largest absolute Gasteiger partial charge is 0.317 e. The zero-order chi connectivity index (χ0) is 14.7. The van der Waals surface area contributed by atoms with E-state index in [1.165, 1.54) is 0 Å². The van der Waals surface area contributed by atoms with Crippen LogP contribution in [0.15, 0.2) is 0 Å². The number of rotatable bonds is 5. The fourth-order valence-corrected chi connectivity index (χ4v) is 4.54. The lowest BCUT2D eigenvalue weighted by molar-refractivity contribution is 0.208. The van der Waals surface area contributed by atoms with E-state index in [-0.39, 0.29) is 11.2 Å². The van der Waals surface area contributed by atoms with Crippen LogP contribution in [0.1, 0.15) is 47.0 Å². The van der Waals surface area contributed by atoms with Gasteiger partial charge in [-0.3, -0.25) is 0 Å². The number of nitrogens with one attached hydrogen (secondary N) is 1. The van der Waals surface area contributed by atoms with Crippen molar-refractivity contribution in [1.82, 2.24) is 9.62 Å². The average Bonchev–Trinajstić information content (AvgIpc) is 2.35. The van der Waals surface area contributed by atoms with Gasteiger partial charge in [-0.25, -0.2) is 12.7 Å². The molecule has 1 saturated heterocycles. The first-order valence-corrected chi connectivity index (χ1v) is 8.95. The zero-order valence-corrected chi connectivity index (χ0v) is 13.9. The highest BCUT2D eigenvalue weighted by molar-refractivity contribution is 7.89. The fourth-order valence-electron chi connectivity index (χ4n) is 2.61. The molecule has 1 N–H and O–H groups in total. The van der Waals surface area contributed by atoms with Gasteiger partial charge < -0.3 is 5.32 Å².